The molecule has 0 aromatic carbocycles. The third kappa shape index (κ3) is 2.11. The van der Waals surface area contributed by atoms with Gasteiger partial charge in [-0.2, -0.15) is 4.31 Å². The molecule has 0 amide bonds. The second-order valence-corrected chi connectivity index (χ2v) is 7.40. The largest absolute Gasteiger partial charge is 0.389 e. The number of halogens is 1. The van der Waals surface area contributed by atoms with E-state index in [0.29, 0.717) is 4.34 Å². The second-order valence-electron chi connectivity index (χ2n) is 3.52. The minimum Gasteiger partial charge on any atom is -0.389 e. The lowest BCUT2D eigenvalue weighted by Gasteiger charge is -2.13. The van der Waals surface area contributed by atoms with E-state index in [1.807, 2.05) is 0 Å². The molecular weight excluding hydrogens is 274 g/mol. The van der Waals surface area contributed by atoms with Crippen molar-refractivity contribution in [3.63, 3.8) is 0 Å². The summed E-state index contributed by atoms with van der Waals surface area (Å²) in [7, 11) is -3.64. The van der Waals surface area contributed by atoms with Crippen LogP contribution in [0.2, 0.25) is 4.34 Å². The van der Waals surface area contributed by atoms with E-state index in [4.69, 9.17) is 11.6 Å². The van der Waals surface area contributed by atoms with Crippen molar-refractivity contribution in [1.82, 2.24) is 4.31 Å². The predicted octanol–water partition coefficient (Wildman–Crippen LogP) is 0.128. The van der Waals surface area contributed by atoms with Gasteiger partial charge in [-0.15, -0.1) is 11.3 Å². The third-order valence-corrected chi connectivity index (χ3v) is 5.90. The van der Waals surface area contributed by atoms with Gasteiger partial charge in [-0.05, 0) is 12.1 Å². The van der Waals surface area contributed by atoms with Gasteiger partial charge in [0.15, 0.2) is 0 Å². The van der Waals surface area contributed by atoms with Crippen molar-refractivity contribution in [3.05, 3.63) is 16.5 Å². The molecule has 1 aromatic heterocycles. The normalized spacial score (nSPS) is 27.4. The van der Waals surface area contributed by atoms with Crippen LogP contribution < -0.4 is 0 Å². The molecule has 0 unspecified atom stereocenters. The van der Waals surface area contributed by atoms with E-state index in [1.165, 1.54) is 12.1 Å². The Morgan fingerprint density at radius 3 is 2.31 bits per heavy atom. The first-order valence-electron chi connectivity index (χ1n) is 4.53. The molecule has 0 bridgehead atoms. The summed E-state index contributed by atoms with van der Waals surface area (Å²) in [5.74, 6) is 0. The third-order valence-electron chi connectivity index (χ3n) is 2.37. The van der Waals surface area contributed by atoms with Crippen molar-refractivity contribution >= 4 is 33.0 Å². The molecule has 8 heteroatoms. The zero-order valence-corrected chi connectivity index (χ0v) is 10.5. The SMILES string of the molecule is O=S(=O)(c1ccc(Cl)s1)N1C[C@@H](O)[C@@H](O)C1. The highest BCUT2D eigenvalue weighted by atomic mass is 35.5. The molecular formula is C8H10ClNO4S2. The molecule has 0 aliphatic carbocycles. The van der Waals surface area contributed by atoms with Gasteiger partial charge in [-0.1, -0.05) is 11.6 Å². The summed E-state index contributed by atoms with van der Waals surface area (Å²) in [6.45, 7) is -0.169. The molecule has 2 heterocycles. The van der Waals surface area contributed by atoms with Gasteiger partial charge in [-0.25, -0.2) is 8.42 Å². The highest BCUT2D eigenvalue weighted by molar-refractivity contribution is 7.91. The molecule has 1 aliphatic heterocycles. The van der Waals surface area contributed by atoms with Gasteiger partial charge >= 0.3 is 0 Å². The quantitative estimate of drug-likeness (QED) is 0.809. The summed E-state index contributed by atoms with van der Waals surface area (Å²) >= 11 is 6.62. The first-order valence-corrected chi connectivity index (χ1v) is 7.16. The predicted molar refractivity (Wildman–Crippen MR) is 60.1 cm³/mol. The smallest absolute Gasteiger partial charge is 0.252 e. The first-order chi connectivity index (χ1) is 7.41. The number of hydrogen-bond donors (Lipinski definition) is 2. The number of hydrogen-bond acceptors (Lipinski definition) is 5. The van der Waals surface area contributed by atoms with E-state index in [-0.39, 0.29) is 17.3 Å². The zero-order valence-electron chi connectivity index (χ0n) is 8.08. The zero-order chi connectivity index (χ0) is 11.9. The number of sulfonamides is 1. The maximum atomic E-state index is 12.0. The van der Waals surface area contributed by atoms with Crippen LogP contribution in [0.5, 0.6) is 0 Å². The molecule has 2 N–H and O–H groups in total. The monoisotopic (exact) mass is 283 g/mol. The van der Waals surface area contributed by atoms with Gasteiger partial charge in [0, 0.05) is 13.1 Å². The van der Waals surface area contributed by atoms with Gasteiger partial charge in [0.05, 0.1) is 16.5 Å². The molecule has 1 aromatic rings. The van der Waals surface area contributed by atoms with Gasteiger partial charge < -0.3 is 10.2 Å². The highest BCUT2D eigenvalue weighted by Gasteiger charge is 2.38. The molecule has 5 nitrogen and oxygen atoms in total. The van der Waals surface area contributed by atoms with Crippen molar-refractivity contribution in [3.8, 4) is 0 Å². The van der Waals surface area contributed by atoms with Crippen molar-refractivity contribution in [2.75, 3.05) is 13.1 Å². The van der Waals surface area contributed by atoms with E-state index in [1.54, 1.807) is 0 Å². The molecule has 2 rings (SSSR count). The fraction of sp³-hybridized carbons (Fsp3) is 0.500. The number of aliphatic hydroxyl groups excluding tert-OH is 2. The maximum absolute atomic E-state index is 12.0. The Morgan fingerprint density at radius 1 is 1.31 bits per heavy atom. The fourth-order valence-electron chi connectivity index (χ4n) is 1.49. The minimum absolute atomic E-state index is 0.0843. The highest BCUT2D eigenvalue weighted by Crippen LogP contribution is 2.29. The van der Waals surface area contributed by atoms with Crippen LogP contribution in [0.15, 0.2) is 16.3 Å². The van der Waals surface area contributed by atoms with E-state index in [2.05, 4.69) is 0 Å². The Kier molecular flexibility index (Phi) is 3.26. The summed E-state index contributed by atoms with van der Waals surface area (Å²) in [4.78, 5) is 0. The number of aliphatic hydroxyl groups is 2. The number of β-amino-alcohol motifs (C(OH)–C–C–N with tert-alkyl or cyclic N) is 2. The van der Waals surface area contributed by atoms with Crippen molar-refractivity contribution < 1.29 is 18.6 Å². The molecule has 0 radical (unpaired) electrons. The van der Waals surface area contributed by atoms with E-state index < -0.39 is 22.2 Å². The molecule has 0 spiro atoms. The Morgan fingerprint density at radius 2 is 1.88 bits per heavy atom. The van der Waals surface area contributed by atoms with Gasteiger partial charge in [0.2, 0.25) is 0 Å². The molecule has 2 atom stereocenters. The van der Waals surface area contributed by atoms with Gasteiger partial charge in [-0.3, -0.25) is 0 Å². The summed E-state index contributed by atoms with van der Waals surface area (Å²) < 4.78 is 25.6. The molecule has 1 aliphatic rings. The molecule has 90 valence electrons. The fourth-order valence-corrected chi connectivity index (χ4v) is 4.61. The van der Waals surface area contributed by atoms with Gasteiger partial charge in [0.1, 0.15) is 4.21 Å². The van der Waals surface area contributed by atoms with Crippen LogP contribution in [0.3, 0.4) is 0 Å². The van der Waals surface area contributed by atoms with Crippen LogP contribution in [0.1, 0.15) is 0 Å². The summed E-state index contributed by atoms with van der Waals surface area (Å²) in [6, 6.07) is 2.92. The Balaban J connectivity index is 2.27. The molecule has 16 heavy (non-hydrogen) atoms. The molecule has 0 saturated carbocycles. The topological polar surface area (TPSA) is 77.8 Å². The number of nitrogens with zero attached hydrogens (tertiary/aromatic N) is 1. The number of thiophene rings is 1. The van der Waals surface area contributed by atoms with Crippen molar-refractivity contribution in [2.45, 2.75) is 16.4 Å². The van der Waals surface area contributed by atoms with Crippen LogP contribution in [-0.2, 0) is 10.0 Å². The van der Waals surface area contributed by atoms with Crippen molar-refractivity contribution in [2.24, 2.45) is 0 Å². The Hall–Kier alpha value is -0.180. The van der Waals surface area contributed by atoms with Crippen LogP contribution >= 0.6 is 22.9 Å². The van der Waals surface area contributed by atoms with Crippen LogP contribution in [0.4, 0.5) is 0 Å². The molecule has 1 fully saturated rings. The Labute approximate surface area is 102 Å². The standard InChI is InChI=1S/C8H10ClNO4S2/c9-7-1-2-8(15-7)16(13,14)10-3-5(11)6(12)4-10/h1-2,5-6,11-12H,3-4H2/t5-,6+. The summed E-state index contributed by atoms with van der Waals surface area (Å²) in [6.07, 6.45) is -2.05. The van der Waals surface area contributed by atoms with E-state index in [9.17, 15) is 18.6 Å². The first kappa shape index (κ1) is 12.3. The van der Waals surface area contributed by atoms with E-state index >= 15 is 0 Å². The van der Waals surface area contributed by atoms with Crippen molar-refractivity contribution in [1.29, 1.82) is 0 Å². The van der Waals surface area contributed by atoms with Crippen LogP contribution in [-0.4, -0.2) is 48.2 Å². The lowest BCUT2D eigenvalue weighted by Crippen LogP contribution is -2.29. The average Bonchev–Trinajstić information content (AvgIpc) is 2.75. The lowest BCUT2D eigenvalue weighted by molar-refractivity contribution is 0.0572. The minimum atomic E-state index is -3.64. The van der Waals surface area contributed by atoms with E-state index in [0.717, 1.165) is 15.6 Å². The van der Waals surface area contributed by atoms with Crippen LogP contribution in [0.25, 0.3) is 0 Å². The van der Waals surface area contributed by atoms with Gasteiger partial charge in [0.25, 0.3) is 10.0 Å². The Bertz CT molecular complexity index is 476. The maximum Gasteiger partial charge on any atom is 0.252 e. The summed E-state index contributed by atoms with van der Waals surface area (Å²) in [5, 5.41) is 18.6. The number of rotatable bonds is 2. The molecule has 1 saturated heterocycles. The lowest BCUT2D eigenvalue weighted by atomic mass is 10.3. The van der Waals surface area contributed by atoms with Crippen LogP contribution in [0, 0.1) is 0 Å². The average molecular weight is 284 g/mol. The summed E-state index contributed by atoms with van der Waals surface area (Å²) in [5.41, 5.74) is 0. The second kappa shape index (κ2) is 4.25.